The maximum Gasteiger partial charge on any atom is 0.334 e. The fourth-order valence-electron chi connectivity index (χ4n) is 1.07. The summed E-state index contributed by atoms with van der Waals surface area (Å²) in [6.45, 7) is 2.29. The number of hydrogen-bond donors (Lipinski definition) is 1. The highest BCUT2D eigenvalue weighted by molar-refractivity contribution is 8.77. The van der Waals surface area contributed by atoms with Gasteiger partial charge in [-0.05, 0) is 13.3 Å². The average Bonchev–Trinajstić information content (AvgIpc) is 2.51. The zero-order valence-electron chi connectivity index (χ0n) is 6.86. The van der Waals surface area contributed by atoms with Crippen molar-refractivity contribution in [1.82, 2.24) is 0 Å². The Balaban J connectivity index is 2.45. The van der Waals surface area contributed by atoms with Crippen molar-refractivity contribution in [2.75, 3.05) is 12.4 Å². The lowest BCUT2D eigenvalue weighted by molar-refractivity contribution is -0.149. The summed E-state index contributed by atoms with van der Waals surface area (Å²) in [6.07, 6.45) is 0.321. The van der Waals surface area contributed by atoms with Gasteiger partial charge in [-0.2, -0.15) is 0 Å². The second kappa shape index (κ2) is 4.99. The van der Waals surface area contributed by atoms with Crippen LogP contribution in [-0.4, -0.2) is 34.8 Å². The highest BCUT2D eigenvalue weighted by Gasteiger charge is 2.32. The highest BCUT2D eigenvalue weighted by atomic mass is 33.1. The molecule has 0 spiro atoms. The normalized spacial score (nSPS) is 25.6. The van der Waals surface area contributed by atoms with Crippen LogP contribution in [0.15, 0.2) is 0 Å². The lowest BCUT2D eigenvalue weighted by Crippen LogP contribution is -2.33. The topological polar surface area (TPSA) is 46.5 Å². The third kappa shape index (κ3) is 2.57. The summed E-state index contributed by atoms with van der Waals surface area (Å²) in [5.41, 5.74) is 0. The number of ether oxygens (including phenoxy) is 1. The van der Waals surface area contributed by atoms with Crippen molar-refractivity contribution in [3.63, 3.8) is 0 Å². The van der Waals surface area contributed by atoms with Crippen LogP contribution in [0.5, 0.6) is 0 Å². The Hall–Kier alpha value is 0.130. The van der Waals surface area contributed by atoms with Crippen LogP contribution in [0.3, 0.4) is 0 Å². The van der Waals surface area contributed by atoms with Gasteiger partial charge in [0.25, 0.3) is 0 Å². The molecule has 0 bridgehead atoms. The van der Waals surface area contributed by atoms with Crippen LogP contribution in [0.2, 0.25) is 0 Å². The lowest BCUT2D eigenvalue weighted by atomic mass is 10.2. The molecule has 0 aromatic heterocycles. The van der Waals surface area contributed by atoms with Gasteiger partial charge in [-0.3, -0.25) is 0 Å². The largest absolute Gasteiger partial charge is 0.479 e. The van der Waals surface area contributed by atoms with E-state index in [9.17, 15) is 4.79 Å². The van der Waals surface area contributed by atoms with Gasteiger partial charge >= 0.3 is 5.97 Å². The maximum atomic E-state index is 10.7. The standard InChI is InChI=1S/C7H12O3S2/c1-2-10-6(7(8)9)5-3-4-11-12-5/h5-6H,2-4H2,1H3,(H,8,9)/t5-,6?/m0/s1. The van der Waals surface area contributed by atoms with Crippen molar-refractivity contribution in [3.8, 4) is 0 Å². The summed E-state index contributed by atoms with van der Waals surface area (Å²) in [5.74, 6) is 0.198. The van der Waals surface area contributed by atoms with E-state index in [0.717, 1.165) is 12.2 Å². The molecule has 5 heteroatoms. The van der Waals surface area contributed by atoms with Crippen LogP contribution in [0, 0.1) is 0 Å². The van der Waals surface area contributed by atoms with Gasteiger partial charge in [-0.1, -0.05) is 21.6 Å². The van der Waals surface area contributed by atoms with E-state index in [-0.39, 0.29) is 5.25 Å². The zero-order chi connectivity index (χ0) is 8.97. The van der Waals surface area contributed by atoms with E-state index in [2.05, 4.69) is 0 Å². The van der Waals surface area contributed by atoms with Crippen molar-refractivity contribution in [1.29, 1.82) is 0 Å². The molecule has 1 unspecified atom stereocenters. The summed E-state index contributed by atoms with van der Waals surface area (Å²) >= 11 is 0. The molecule has 0 aromatic carbocycles. The van der Waals surface area contributed by atoms with Crippen LogP contribution in [0.25, 0.3) is 0 Å². The van der Waals surface area contributed by atoms with Crippen molar-refractivity contribution in [2.45, 2.75) is 24.7 Å². The van der Waals surface area contributed by atoms with Crippen LogP contribution in [-0.2, 0) is 9.53 Å². The molecule has 0 radical (unpaired) electrons. The van der Waals surface area contributed by atoms with E-state index in [1.165, 1.54) is 0 Å². The molecule has 0 saturated carbocycles. The molecule has 1 heterocycles. The minimum Gasteiger partial charge on any atom is -0.479 e. The Morgan fingerprint density at radius 3 is 3.00 bits per heavy atom. The van der Waals surface area contributed by atoms with Crippen LogP contribution < -0.4 is 0 Å². The van der Waals surface area contributed by atoms with E-state index in [1.807, 2.05) is 6.92 Å². The molecule has 0 amide bonds. The Kier molecular flexibility index (Phi) is 4.25. The third-order valence-corrected chi connectivity index (χ3v) is 4.52. The molecule has 1 N–H and O–H groups in total. The van der Waals surface area contributed by atoms with E-state index in [4.69, 9.17) is 9.84 Å². The third-order valence-electron chi connectivity index (χ3n) is 1.60. The fourth-order valence-corrected chi connectivity index (χ4v) is 4.04. The minimum atomic E-state index is -0.836. The van der Waals surface area contributed by atoms with Crippen molar-refractivity contribution >= 4 is 27.6 Å². The number of aliphatic carboxylic acids is 1. The zero-order valence-corrected chi connectivity index (χ0v) is 8.49. The van der Waals surface area contributed by atoms with Gasteiger partial charge in [0.2, 0.25) is 0 Å². The Morgan fingerprint density at radius 2 is 2.58 bits per heavy atom. The number of carboxylic acid groups (broad SMARTS) is 1. The van der Waals surface area contributed by atoms with E-state index in [0.29, 0.717) is 6.61 Å². The smallest absolute Gasteiger partial charge is 0.334 e. The monoisotopic (exact) mass is 208 g/mol. The molecular weight excluding hydrogens is 196 g/mol. The quantitative estimate of drug-likeness (QED) is 0.711. The molecule has 0 aromatic rings. The molecule has 70 valence electrons. The number of hydrogen-bond acceptors (Lipinski definition) is 4. The lowest BCUT2D eigenvalue weighted by Gasteiger charge is -2.16. The van der Waals surface area contributed by atoms with Gasteiger partial charge in [-0.25, -0.2) is 4.79 Å². The molecule has 1 aliphatic rings. The van der Waals surface area contributed by atoms with Gasteiger partial charge in [0.1, 0.15) is 0 Å². The highest BCUT2D eigenvalue weighted by Crippen LogP contribution is 2.40. The maximum absolute atomic E-state index is 10.7. The predicted octanol–water partition coefficient (Wildman–Crippen LogP) is 1.63. The predicted molar refractivity (Wildman–Crippen MR) is 51.5 cm³/mol. The molecule has 1 rings (SSSR count). The average molecular weight is 208 g/mol. The molecule has 0 aliphatic carbocycles. The van der Waals surface area contributed by atoms with E-state index in [1.54, 1.807) is 21.6 Å². The SMILES string of the molecule is CCOC(C(=O)O)[C@@H]1CCSS1. The Labute approximate surface area is 79.6 Å². The van der Waals surface area contributed by atoms with Crippen molar-refractivity contribution in [3.05, 3.63) is 0 Å². The number of rotatable bonds is 4. The molecule has 12 heavy (non-hydrogen) atoms. The number of carboxylic acids is 1. The van der Waals surface area contributed by atoms with Crippen LogP contribution in [0.1, 0.15) is 13.3 Å². The van der Waals surface area contributed by atoms with E-state index >= 15 is 0 Å². The molecule has 1 aliphatic heterocycles. The summed E-state index contributed by atoms with van der Waals surface area (Å²) in [4.78, 5) is 10.7. The summed E-state index contributed by atoms with van der Waals surface area (Å²) in [7, 11) is 3.36. The van der Waals surface area contributed by atoms with Crippen molar-refractivity contribution in [2.24, 2.45) is 0 Å². The molecule has 2 atom stereocenters. The summed E-state index contributed by atoms with van der Waals surface area (Å²) < 4.78 is 5.15. The first-order valence-electron chi connectivity index (χ1n) is 3.88. The minimum absolute atomic E-state index is 0.132. The fraction of sp³-hybridized carbons (Fsp3) is 0.857. The summed E-state index contributed by atoms with van der Waals surface area (Å²) in [6, 6.07) is 0. The second-order valence-electron chi connectivity index (χ2n) is 2.46. The molecule has 1 saturated heterocycles. The van der Waals surface area contributed by atoms with Crippen molar-refractivity contribution < 1.29 is 14.6 Å². The number of carbonyl (C=O) groups is 1. The van der Waals surface area contributed by atoms with Crippen LogP contribution in [0.4, 0.5) is 0 Å². The van der Waals surface area contributed by atoms with Gasteiger partial charge in [0, 0.05) is 12.4 Å². The Morgan fingerprint density at radius 1 is 1.83 bits per heavy atom. The first-order valence-corrected chi connectivity index (χ1v) is 6.26. The summed E-state index contributed by atoms with van der Waals surface area (Å²) in [5, 5.41) is 8.95. The van der Waals surface area contributed by atoms with Gasteiger partial charge < -0.3 is 9.84 Å². The van der Waals surface area contributed by atoms with Gasteiger partial charge in [0.15, 0.2) is 6.10 Å². The van der Waals surface area contributed by atoms with E-state index < -0.39 is 12.1 Å². The molecular formula is C7H12O3S2. The van der Waals surface area contributed by atoms with Crippen LogP contribution >= 0.6 is 21.6 Å². The first kappa shape index (κ1) is 10.2. The van der Waals surface area contributed by atoms with Gasteiger partial charge in [0.05, 0.1) is 5.25 Å². The van der Waals surface area contributed by atoms with Gasteiger partial charge in [-0.15, -0.1) is 0 Å². The molecule has 3 nitrogen and oxygen atoms in total. The second-order valence-corrected chi connectivity index (χ2v) is 5.19. The molecule has 1 fully saturated rings. The first-order chi connectivity index (χ1) is 5.75. The Bertz CT molecular complexity index is 157.